The standard InChI is InChI=1S/C22H22N6O5S/c1-2-28-21(30)15-6-5-14(12-17(15)25-22(28)31)20(29)26-8-10-27(11-9-26)34(32,33)18-13-24-19-16(18)4-3-7-23-19/h3-7,12-13H,2,8-11H2,1H3,(H,23,24)(H,25,31). The highest BCUT2D eigenvalue weighted by molar-refractivity contribution is 7.89. The number of H-pyrrole nitrogens is 2. The van der Waals surface area contributed by atoms with E-state index in [1.165, 1.54) is 22.6 Å². The van der Waals surface area contributed by atoms with E-state index in [0.717, 1.165) is 4.57 Å². The first-order valence-corrected chi connectivity index (χ1v) is 12.2. The minimum Gasteiger partial charge on any atom is -0.345 e. The lowest BCUT2D eigenvalue weighted by Crippen LogP contribution is -2.50. The maximum atomic E-state index is 13.2. The van der Waals surface area contributed by atoms with Gasteiger partial charge in [-0.3, -0.25) is 14.2 Å². The van der Waals surface area contributed by atoms with Crippen LogP contribution in [0.25, 0.3) is 21.9 Å². The maximum absolute atomic E-state index is 13.2. The second kappa shape index (κ2) is 8.22. The molecular formula is C22H22N6O5S. The Morgan fingerprint density at radius 2 is 1.85 bits per heavy atom. The molecule has 1 fully saturated rings. The molecular weight excluding hydrogens is 460 g/mol. The normalized spacial score (nSPS) is 15.3. The summed E-state index contributed by atoms with van der Waals surface area (Å²) in [7, 11) is -3.76. The molecule has 0 radical (unpaired) electrons. The molecule has 0 unspecified atom stereocenters. The molecule has 4 heterocycles. The number of hydrogen-bond donors (Lipinski definition) is 2. The molecule has 12 heteroatoms. The van der Waals surface area contributed by atoms with Crippen molar-refractivity contribution in [2.45, 2.75) is 18.4 Å². The molecule has 0 atom stereocenters. The molecule has 0 bridgehead atoms. The molecule has 1 aliphatic rings. The number of aromatic amines is 2. The van der Waals surface area contributed by atoms with Gasteiger partial charge in [-0.1, -0.05) is 0 Å². The summed E-state index contributed by atoms with van der Waals surface area (Å²) in [4.78, 5) is 49.0. The van der Waals surface area contributed by atoms with Crippen LogP contribution in [0.3, 0.4) is 0 Å². The van der Waals surface area contributed by atoms with Gasteiger partial charge < -0.3 is 14.9 Å². The van der Waals surface area contributed by atoms with Crippen LogP contribution in [-0.2, 0) is 16.6 Å². The highest BCUT2D eigenvalue weighted by atomic mass is 32.2. The second-order valence-electron chi connectivity index (χ2n) is 7.99. The zero-order valence-electron chi connectivity index (χ0n) is 18.3. The number of nitrogens with one attached hydrogen (secondary N) is 2. The lowest BCUT2D eigenvalue weighted by atomic mass is 10.1. The van der Waals surface area contributed by atoms with E-state index in [1.54, 1.807) is 36.2 Å². The fourth-order valence-electron chi connectivity index (χ4n) is 4.27. The Morgan fingerprint density at radius 1 is 1.09 bits per heavy atom. The summed E-state index contributed by atoms with van der Waals surface area (Å²) < 4.78 is 28.8. The second-order valence-corrected chi connectivity index (χ2v) is 9.90. The average molecular weight is 483 g/mol. The highest BCUT2D eigenvalue weighted by Gasteiger charge is 2.32. The fourth-order valence-corrected chi connectivity index (χ4v) is 5.84. The Hall–Kier alpha value is -3.77. The van der Waals surface area contributed by atoms with E-state index in [2.05, 4.69) is 15.0 Å². The number of benzene rings is 1. The Morgan fingerprint density at radius 3 is 2.59 bits per heavy atom. The van der Waals surface area contributed by atoms with Gasteiger partial charge in [0.25, 0.3) is 11.5 Å². The number of hydrogen-bond acceptors (Lipinski definition) is 6. The number of rotatable bonds is 4. The van der Waals surface area contributed by atoms with Gasteiger partial charge in [-0.2, -0.15) is 4.31 Å². The summed E-state index contributed by atoms with van der Waals surface area (Å²) in [5.41, 5.74) is 0.160. The first-order valence-electron chi connectivity index (χ1n) is 10.8. The Kier molecular flexibility index (Phi) is 5.33. The molecule has 0 spiro atoms. The molecule has 176 valence electrons. The zero-order chi connectivity index (χ0) is 24.0. The van der Waals surface area contributed by atoms with Crippen LogP contribution >= 0.6 is 0 Å². The fraction of sp³-hybridized carbons (Fsp3) is 0.273. The molecule has 1 amide bonds. The van der Waals surface area contributed by atoms with Crippen LogP contribution in [0.1, 0.15) is 17.3 Å². The molecule has 5 rings (SSSR count). The predicted octanol–water partition coefficient (Wildman–Crippen LogP) is 0.733. The first-order chi connectivity index (χ1) is 16.3. The van der Waals surface area contributed by atoms with E-state index in [9.17, 15) is 22.8 Å². The van der Waals surface area contributed by atoms with Gasteiger partial charge in [-0.25, -0.2) is 18.2 Å². The maximum Gasteiger partial charge on any atom is 0.328 e. The lowest BCUT2D eigenvalue weighted by molar-refractivity contribution is 0.0698. The molecule has 1 aromatic carbocycles. The molecule has 11 nitrogen and oxygen atoms in total. The van der Waals surface area contributed by atoms with Gasteiger partial charge in [0, 0.05) is 56.1 Å². The third-order valence-electron chi connectivity index (χ3n) is 6.10. The van der Waals surface area contributed by atoms with Gasteiger partial charge in [-0.15, -0.1) is 0 Å². The van der Waals surface area contributed by atoms with E-state index < -0.39 is 21.3 Å². The van der Waals surface area contributed by atoms with Crippen molar-refractivity contribution in [2.24, 2.45) is 0 Å². The number of nitrogens with zero attached hydrogens (tertiary/aromatic N) is 4. The van der Waals surface area contributed by atoms with E-state index in [4.69, 9.17) is 0 Å². The minimum absolute atomic E-state index is 0.145. The summed E-state index contributed by atoms with van der Waals surface area (Å²) in [5.74, 6) is -0.296. The van der Waals surface area contributed by atoms with Crippen molar-refractivity contribution in [3.8, 4) is 0 Å². The van der Waals surface area contributed by atoms with Crippen molar-refractivity contribution in [2.75, 3.05) is 26.2 Å². The van der Waals surface area contributed by atoms with Gasteiger partial charge in [0.15, 0.2) is 0 Å². The predicted molar refractivity (Wildman–Crippen MR) is 125 cm³/mol. The monoisotopic (exact) mass is 482 g/mol. The Bertz CT molecular complexity index is 1640. The Labute approximate surface area is 193 Å². The summed E-state index contributed by atoms with van der Waals surface area (Å²) in [5, 5.41) is 0.843. The van der Waals surface area contributed by atoms with Gasteiger partial charge in [-0.05, 0) is 37.3 Å². The van der Waals surface area contributed by atoms with Crippen molar-refractivity contribution in [3.63, 3.8) is 0 Å². The van der Waals surface area contributed by atoms with Crippen molar-refractivity contribution in [1.29, 1.82) is 0 Å². The largest absolute Gasteiger partial charge is 0.345 e. The van der Waals surface area contributed by atoms with Gasteiger partial charge in [0.1, 0.15) is 10.5 Å². The number of piperazine rings is 1. The topological polar surface area (TPSA) is 141 Å². The van der Waals surface area contributed by atoms with Gasteiger partial charge in [0.05, 0.1) is 10.9 Å². The van der Waals surface area contributed by atoms with E-state index >= 15 is 0 Å². The van der Waals surface area contributed by atoms with Gasteiger partial charge >= 0.3 is 5.69 Å². The molecule has 2 N–H and O–H groups in total. The first kappa shape index (κ1) is 22.0. The quantitative estimate of drug-likeness (QED) is 0.439. The minimum atomic E-state index is -3.76. The van der Waals surface area contributed by atoms with Crippen LogP contribution in [0, 0.1) is 0 Å². The third-order valence-corrected chi connectivity index (χ3v) is 8.04. The van der Waals surface area contributed by atoms with Crippen molar-refractivity contribution < 1.29 is 13.2 Å². The lowest BCUT2D eigenvalue weighted by Gasteiger charge is -2.34. The number of aromatic nitrogens is 4. The summed E-state index contributed by atoms with van der Waals surface area (Å²) in [6, 6.07) is 7.94. The van der Waals surface area contributed by atoms with E-state index in [-0.39, 0.29) is 43.5 Å². The van der Waals surface area contributed by atoms with Crippen LogP contribution in [0.5, 0.6) is 0 Å². The van der Waals surface area contributed by atoms with Crippen LogP contribution in [0.2, 0.25) is 0 Å². The SMILES string of the molecule is CCn1c(=O)[nH]c2cc(C(=O)N3CCN(S(=O)(=O)c4c[nH]c5ncccc45)CC3)ccc2c1=O. The molecule has 0 saturated carbocycles. The number of sulfonamides is 1. The number of carbonyl (C=O) groups is 1. The van der Waals surface area contributed by atoms with Crippen molar-refractivity contribution in [1.82, 2.24) is 28.7 Å². The van der Waals surface area contributed by atoms with Crippen molar-refractivity contribution in [3.05, 3.63) is 69.1 Å². The number of amides is 1. The summed E-state index contributed by atoms with van der Waals surface area (Å²) >= 11 is 0. The molecule has 3 aromatic heterocycles. The Balaban J connectivity index is 1.35. The van der Waals surface area contributed by atoms with Crippen molar-refractivity contribution >= 4 is 37.9 Å². The highest BCUT2D eigenvalue weighted by Crippen LogP contribution is 2.25. The zero-order valence-corrected chi connectivity index (χ0v) is 19.1. The number of carbonyl (C=O) groups excluding carboxylic acids is 1. The van der Waals surface area contributed by atoms with Crippen LogP contribution in [-0.4, -0.2) is 69.2 Å². The van der Waals surface area contributed by atoms with Crippen LogP contribution in [0.4, 0.5) is 0 Å². The smallest absolute Gasteiger partial charge is 0.328 e. The third kappa shape index (κ3) is 3.51. The number of pyridine rings is 1. The average Bonchev–Trinajstić information content (AvgIpc) is 3.29. The molecule has 1 saturated heterocycles. The molecule has 0 aliphatic carbocycles. The van der Waals surface area contributed by atoms with E-state index in [1.807, 2.05) is 0 Å². The molecule has 34 heavy (non-hydrogen) atoms. The molecule has 4 aromatic rings. The number of fused-ring (bicyclic) bond motifs is 2. The summed E-state index contributed by atoms with van der Waals surface area (Å²) in [6.45, 7) is 2.66. The van der Waals surface area contributed by atoms with E-state index in [0.29, 0.717) is 27.5 Å². The summed E-state index contributed by atoms with van der Waals surface area (Å²) in [6.07, 6.45) is 3.02. The van der Waals surface area contributed by atoms with Gasteiger partial charge in [0.2, 0.25) is 10.0 Å². The van der Waals surface area contributed by atoms with Crippen LogP contribution < -0.4 is 11.2 Å². The molecule has 1 aliphatic heterocycles. The van der Waals surface area contributed by atoms with Crippen LogP contribution in [0.15, 0.2) is 57.2 Å².